The fourth-order valence-electron chi connectivity index (χ4n) is 3.39. The van der Waals surface area contributed by atoms with E-state index in [0.29, 0.717) is 0 Å². The highest BCUT2D eigenvalue weighted by molar-refractivity contribution is 6.48. The zero-order valence-corrected chi connectivity index (χ0v) is 18.0. The number of anilines is 1. The van der Waals surface area contributed by atoms with Gasteiger partial charge in [-0.3, -0.25) is 15.0 Å². The summed E-state index contributed by atoms with van der Waals surface area (Å²) in [5.41, 5.74) is 0.597. The number of phenols is 1. The monoisotopic (exact) mass is 496 g/mol. The van der Waals surface area contributed by atoms with Crippen LogP contribution in [0.3, 0.4) is 0 Å². The van der Waals surface area contributed by atoms with Crippen LogP contribution in [0.25, 0.3) is 11.1 Å². The third-order valence-electron chi connectivity index (χ3n) is 5.05. The molecule has 0 unspecified atom stereocenters. The summed E-state index contributed by atoms with van der Waals surface area (Å²) in [6.07, 6.45) is -4.82. The first-order valence-electron chi connectivity index (χ1n) is 9.86. The van der Waals surface area contributed by atoms with E-state index in [2.05, 4.69) is 5.32 Å². The normalized spacial score (nSPS) is 10.8. The van der Waals surface area contributed by atoms with Crippen LogP contribution >= 0.6 is 0 Å². The number of alkyl halides is 3. The van der Waals surface area contributed by atoms with Crippen LogP contribution in [-0.4, -0.2) is 33.7 Å². The fraction of sp³-hybridized carbons (Fsp3) is 0.0417. The van der Waals surface area contributed by atoms with Gasteiger partial charge in [-0.1, -0.05) is 18.2 Å². The molecule has 0 aromatic heterocycles. The topological polar surface area (TPSA) is 177 Å². The number of nitriles is 1. The number of amides is 2. The third kappa shape index (κ3) is 5.00. The summed E-state index contributed by atoms with van der Waals surface area (Å²) in [6, 6.07) is 10.9. The Bertz CT molecular complexity index is 1480. The van der Waals surface area contributed by atoms with E-state index in [0.717, 1.165) is 42.5 Å². The van der Waals surface area contributed by atoms with E-state index in [1.54, 1.807) is 6.07 Å². The maximum Gasteiger partial charge on any atom is 0.417 e. The molecule has 6 N–H and O–H groups in total. The highest BCUT2D eigenvalue weighted by Crippen LogP contribution is 2.39. The van der Waals surface area contributed by atoms with Crippen LogP contribution in [0.2, 0.25) is 0 Å². The smallest absolute Gasteiger partial charge is 0.417 e. The number of carboxylic acid groups (broad SMARTS) is 1. The molecule has 0 radical (unpaired) electrons. The summed E-state index contributed by atoms with van der Waals surface area (Å²) in [6.45, 7) is 0. The van der Waals surface area contributed by atoms with Gasteiger partial charge in [-0.25, -0.2) is 4.79 Å². The molecule has 0 heterocycles. The van der Waals surface area contributed by atoms with E-state index >= 15 is 0 Å². The Balaban J connectivity index is 2.11. The second-order valence-corrected chi connectivity index (χ2v) is 7.33. The van der Waals surface area contributed by atoms with Crippen LogP contribution < -0.4 is 11.1 Å². The number of phenolic OH excluding ortho intramolecular Hbond substituents is 1. The minimum absolute atomic E-state index is 0.00636. The number of nitrogens with zero attached hydrogens (tertiary/aromatic N) is 1. The van der Waals surface area contributed by atoms with E-state index in [1.165, 1.54) is 12.1 Å². The lowest BCUT2D eigenvalue weighted by molar-refractivity contribution is -0.137. The first-order valence-corrected chi connectivity index (χ1v) is 9.86. The highest BCUT2D eigenvalue weighted by Gasteiger charge is 2.34. The van der Waals surface area contributed by atoms with E-state index in [-0.39, 0.29) is 16.8 Å². The van der Waals surface area contributed by atoms with Gasteiger partial charge in [0.05, 0.1) is 34.0 Å². The molecule has 182 valence electrons. The maximum atomic E-state index is 13.6. The van der Waals surface area contributed by atoms with Crippen molar-refractivity contribution in [3.63, 3.8) is 0 Å². The predicted molar refractivity (Wildman–Crippen MR) is 121 cm³/mol. The number of rotatable bonds is 6. The van der Waals surface area contributed by atoms with Gasteiger partial charge in [0.1, 0.15) is 11.5 Å². The largest absolute Gasteiger partial charge is 0.507 e. The van der Waals surface area contributed by atoms with Crippen molar-refractivity contribution in [2.75, 3.05) is 5.32 Å². The maximum absolute atomic E-state index is 13.6. The zero-order valence-electron chi connectivity index (χ0n) is 18.0. The minimum Gasteiger partial charge on any atom is -0.507 e. The molecule has 3 rings (SSSR count). The van der Waals surface area contributed by atoms with Crippen LogP contribution in [0.4, 0.5) is 18.9 Å². The van der Waals surface area contributed by atoms with Crippen molar-refractivity contribution >= 4 is 29.2 Å². The number of halogens is 3. The molecule has 3 aromatic carbocycles. The number of carbonyl (C=O) groups is 3. The van der Waals surface area contributed by atoms with E-state index in [1.807, 2.05) is 0 Å². The summed E-state index contributed by atoms with van der Waals surface area (Å²) in [5, 5.41) is 39.0. The van der Waals surface area contributed by atoms with Crippen LogP contribution in [-0.2, 0) is 11.0 Å². The van der Waals surface area contributed by atoms with Gasteiger partial charge in [0.15, 0.2) is 0 Å². The Labute approximate surface area is 200 Å². The van der Waals surface area contributed by atoms with Gasteiger partial charge in [-0.15, -0.1) is 0 Å². The molecule has 0 aliphatic carbocycles. The van der Waals surface area contributed by atoms with Gasteiger partial charge < -0.3 is 21.3 Å². The molecular formula is C24H15F3N4O5. The van der Waals surface area contributed by atoms with Gasteiger partial charge in [-0.2, -0.15) is 18.4 Å². The third-order valence-corrected chi connectivity index (χ3v) is 5.05. The van der Waals surface area contributed by atoms with Crippen molar-refractivity contribution in [3.05, 3.63) is 82.4 Å². The zero-order chi connectivity index (χ0) is 26.8. The average molecular weight is 496 g/mol. The Morgan fingerprint density at radius 3 is 2.22 bits per heavy atom. The van der Waals surface area contributed by atoms with E-state index in [9.17, 15) is 37.8 Å². The molecule has 36 heavy (non-hydrogen) atoms. The second-order valence-electron chi connectivity index (χ2n) is 7.33. The summed E-state index contributed by atoms with van der Waals surface area (Å²) in [7, 11) is 0. The number of hydrogen-bond donors (Lipinski definition) is 5. The highest BCUT2D eigenvalue weighted by atomic mass is 19.4. The first-order chi connectivity index (χ1) is 16.8. The fourth-order valence-corrected chi connectivity index (χ4v) is 3.39. The standard InChI is InChI=1S/C24H15F3N4O5/c25-24(26,27)17-4-2-1-3-12(17)13-8-16(19(32)9-14(13)21(30)33)20(29)22(34)31-18-6-5-11(10-28)7-15(18)23(35)36/h1-9,29,32H,(H2,30,33)(H,31,34)(H,35,36). The first kappa shape index (κ1) is 25.4. The molecule has 0 bridgehead atoms. The number of carboxylic acids is 1. The number of benzene rings is 3. The number of carbonyl (C=O) groups excluding carboxylic acids is 2. The molecule has 12 heteroatoms. The molecule has 3 aromatic rings. The van der Waals surface area contributed by atoms with Crippen molar-refractivity contribution in [1.29, 1.82) is 10.7 Å². The lowest BCUT2D eigenvalue weighted by Gasteiger charge is -2.17. The molecule has 0 saturated carbocycles. The molecule has 0 aliphatic rings. The average Bonchev–Trinajstić information content (AvgIpc) is 2.82. The molecule has 0 fully saturated rings. The Morgan fingerprint density at radius 2 is 1.64 bits per heavy atom. The predicted octanol–water partition coefficient (Wildman–Crippen LogP) is 3.75. The van der Waals surface area contributed by atoms with Crippen molar-refractivity contribution < 1.29 is 37.8 Å². The van der Waals surface area contributed by atoms with Crippen LogP contribution in [0.5, 0.6) is 5.75 Å². The number of aromatic hydroxyl groups is 1. The number of hydrogen-bond acceptors (Lipinski definition) is 6. The van der Waals surface area contributed by atoms with Crippen molar-refractivity contribution in [2.45, 2.75) is 6.18 Å². The number of primary amides is 1. The van der Waals surface area contributed by atoms with Crippen LogP contribution in [0, 0.1) is 16.7 Å². The molecular weight excluding hydrogens is 481 g/mol. The minimum atomic E-state index is -4.82. The SMILES string of the molecule is N#Cc1ccc(NC(=O)C(=N)c2cc(-c3ccccc3C(F)(F)F)c(C(N)=O)cc2O)c(C(=O)O)c1. The molecule has 0 saturated heterocycles. The van der Waals surface area contributed by atoms with Crippen molar-refractivity contribution in [3.8, 4) is 22.9 Å². The van der Waals surface area contributed by atoms with Gasteiger partial charge in [0, 0.05) is 5.56 Å². The Kier molecular flexibility index (Phi) is 6.78. The van der Waals surface area contributed by atoms with Gasteiger partial charge in [0.25, 0.3) is 5.91 Å². The lowest BCUT2D eigenvalue weighted by atomic mass is 9.91. The molecule has 2 amide bonds. The summed E-state index contributed by atoms with van der Waals surface area (Å²) < 4.78 is 40.8. The van der Waals surface area contributed by atoms with Gasteiger partial charge >= 0.3 is 12.1 Å². The molecule has 0 spiro atoms. The molecule has 9 nitrogen and oxygen atoms in total. The lowest BCUT2D eigenvalue weighted by Crippen LogP contribution is -2.25. The molecule has 0 atom stereocenters. The van der Waals surface area contributed by atoms with E-state index in [4.69, 9.17) is 16.4 Å². The number of nitrogens with one attached hydrogen (secondary N) is 2. The Morgan fingerprint density at radius 1 is 0.972 bits per heavy atom. The van der Waals surface area contributed by atoms with Gasteiger partial charge in [0.2, 0.25) is 5.91 Å². The van der Waals surface area contributed by atoms with Crippen LogP contribution in [0.15, 0.2) is 54.6 Å². The quantitative estimate of drug-likeness (QED) is 0.324. The van der Waals surface area contributed by atoms with E-state index < -0.39 is 63.2 Å². The number of nitrogens with two attached hydrogens (primary N) is 1. The van der Waals surface area contributed by atoms with Crippen LogP contribution in [0.1, 0.15) is 37.4 Å². The Hall–Kier alpha value is -5.18. The molecule has 0 aliphatic heterocycles. The van der Waals surface area contributed by atoms with Crippen molar-refractivity contribution in [1.82, 2.24) is 0 Å². The summed E-state index contributed by atoms with van der Waals surface area (Å²) in [4.78, 5) is 36.1. The van der Waals surface area contributed by atoms with Gasteiger partial charge in [-0.05, 0) is 47.5 Å². The summed E-state index contributed by atoms with van der Waals surface area (Å²) >= 11 is 0. The summed E-state index contributed by atoms with van der Waals surface area (Å²) in [5.74, 6) is -4.66. The number of aromatic carboxylic acids is 1. The van der Waals surface area contributed by atoms with Crippen molar-refractivity contribution in [2.24, 2.45) is 5.73 Å². The second kappa shape index (κ2) is 9.59.